The first-order valence-corrected chi connectivity index (χ1v) is 5.09. The van der Waals surface area contributed by atoms with E-state index in [2.05, 4.69) is 13.2 Å². The summed E-state index contributed by atoms with van der Waals surface area (Å²) in [7, 11) is 0. The number of halogens is 1. The highest BCUT2D eigenvalue weighted by Gasteiger charge is 2.09. The molecular weight excluding hydrogens is 205 g/mol. The van der Waals surface area contributed by atoms with Gasteiger partial charge >= 0.3 is 0 Å². The molecule has 0 bridgehead atoms. The second-order valence-corrected chi connectivity index (χ2v) is 3.41. The number of benzene rings is 1. The highest BCUT2D eigenvalue weighted by Crippen LogP contribution is 2.21. The van der Waals surface area contributed by atoms with Crippen LogP contribution in [0.3, 0.4) is 0 Å². The van der Waals surface area contributed by atoms with Crippen LogP contribution in [-0.2, 0) is 6.61 Å². The normalized spacial score (nSPS) is 9.88. The molecule has 0 saturated carbocycles. The summed E-state index contributed by atoms with van der Waals surface area (Å²) in [6.45, 7) is 8.41. The number of rotatable bonds is 6. The van der Waals surface area contributed by atoms with Gasteiger partial charge in [0.15, 0.2) is 0 Å². The first-order valence-electron chi connectivity index (χ1n) is 5.09. The van der Waals surface area contributed by atoms with Crippen LogP contribution < -0.4 is 4.90 Å². The van der Waals surface area contributed by atoms with Gasteiger partial charge in [-0.05, 0) is 18.2 Å². The zero-order valence-electron chi connectivity index (χ0n) is 9.19. The van der Waals surface area contributed by atoms with E-state index >= 15 is 0 Å². The van der Waals surface area contributed by atoms with Crippen LogP contribution in [0.4, 0.5) is 10.1 Å². The molecule has 0 spiro atoms. The molecule has 0 aromatic heterocycles. The Hall–Kier alpha value is -1.61. The van der Waals surface area contributed by atoms with Gasteiger partial charge in [-0.3, -0.25) is 0 Å². The highest BCUT2D eigenvalue weighted by atomic mass is 19.1. The van der Waals surface area contributed by atoms with E-state index in [4.69, 9.17) is 0 Å². The van der Waals surface area contributed by atoms with Crippen molar-refractivity contribution in [2.75, 3.05) is 18.0 Å². The smallest absolute Gasteiger partial charge is 0.123 e. The monoisotopic (exact) mass is 221 g/mol. The van der Waals surface area contributed by atoms with Crippen LogP contribution in [0, 0.1) is 5.82 Å². The molecule has 86 valence electrons. The Morgan fingerprint density at radius 1 is 1.25 bits per heavy atom. The minimum absolute atomic E-state index is 0.183. The molecule has 0 amide bonds. The summed E-state index contributed by atoms with van der Waals surface area (Å²) in [6.07, 6.45) is 3.52. The molecule has 1 aromatic rings. The van der Waals surface area contributed by atoms with Crippen molar-refractivity contribution in [1.82, 2.24) is 0 Å². The zero-order valence-corrected chi connectivity index (χ0v) is 9.19. The van der Waals surface area contributed by atoms with Gasteiger partial charge in [-0.15, -0.1) is 13.2 Å². The third kappa shape index (κ3) is 2.94. The Balaban J connectivity index is 3.06. The lowest BCUT2D eigenvalue weighted by Crippen LogP contribution is -2.24. The molecule has 1 N–H and O–H groups in total. The van der Waals surface area contributed by atoms with Crippen LogP contribution in [0.2, 0.25) is 0 Å². The van der Waals surface area contributed by atoms with E-state index in [1.54, 1.807) is 18.2 Å². The molecule has 0 unspecified atom stereocenters. The fourth-order valence-corrected chi connectivity index (χ4v) is 1.57. The van der Waals surface area contributed by atoms with Crippen LogP contribution in [0.5, 0.6) is 0 Å². The van der Waals surface area contributed by atoms with E-state index < -0.39 is 0 Å². The molecular formula is C13H16FNO. The first-order chi connectivity index (χ1) is 7.72. The van der Waals surface area contributed by atoms with Gasteiger partial charge in [0.2, 0.25) is 0 Å². The number of aliphatic hydroxyl groups excluding tert-OH is 1. The number of aliphatic hydroxyl groups is 1. The van der Waals surface area contributed by atoms with Gasteiger partial charge in [-0.2, -0.15) is 0 Å². The summed E-state index contributed by atoms with van der Waals surface area (Å²) in [6, 6.07) is 4.38. The Bertz CT molecular complexity index is 366. The molecule has 16 heavy (non-hydrogen) atoms. The average Bonchev–Trinajstić information content (AvgIpc) is 2.28. The van der Waals surface area contributed by atoms with Crippen LogP contribution in [0.15, 0.2) is 43.5 Å². The second kappa shape index (κ2) is 6.08. The standard InChI is InChI=1S/C13H16FNO/c1-3-7-15(8-4-2)13-6-5-12(14)9-11(13)10-16/h3-6,9,16H,1-2,7-8,10H2. The van der Waals surface area contributed by atoms with Crippen LogP contribution in [0.25, 0.3) is 0 Å². The van der Waals surface area contributed by atoms with Gasteiger partial charge < -0.3 is 10.0 Å². The van der Waals surface area contributed by atoms with Gasteiger partial charge in [0.1, 0.15) is 5.82 Å². The van der Waals surface area contributed by atoms with Crippen LogP contribution >= 0.6 is 0 Å². The second-order valence-electron chi connectivity index (χ2n) is 3.41. The maximum atomic E-state index is 13.0. The maximum Gasteiger partial charge on any atom is 0.123 e. The summed E-state index contributed by atoms with van der Waals surface area (Å²) in [4.78, 5) is 1.96. The Morgan fingerprint density at radius 2 is 1.88 bits per heavy atom. The molecule has 2 nitrogen and oxygen atoms in total. The SMILES string of the molecule is C=CCN(CC=C)c1ccc(F)cc1CO. The number of anilines is 1. The summed E-state index contributed by atoms with van der Waals surface area (Å²) in [5.41, 5.74) is 1.38. The predicted octanol–water partition coefficient (Wildman–Crippen LogP) is 2.50. The minimum atomic E-state index is -0.343. The first kappa shape index (κ1) is 12.5. The zero-order chi connectivity index (χ0) is 12.0. The lowest BCUT2D eigenvalue weighted by atomic mass is 10.1. The third-order valence-electron chi connectivity index (χ3n) is 2.25. The van der Waals surface area contributed by atoms with E-state index in [1.807, 2.05) is 4.90 Å². The molecule has 1 aromatic carbocycles. The van der Waals surface area contributed by atoms with Crippen molar-refractivity contribution in [2.24, 2.45) is 0 Å². The van der Waals surface area contributed by atoms with Gasteiger partial charge in [-0.25, -0.2) is 4.39 Å². The van der Waals surface area contributed by atoms with Gasteiger partial charge in [-0.1, -0.05) is 12.2 Å². The molecule has 1 rings (SSSR count). The van der Waals surface area contributed by atoms with E-state index in [-0.39, 0.29) is 12.4 Å². The summed E-state index contributed by atoms with van der Waals surface area (Å²) >= 11 is 0. The van der Waals surface area contributed by atoms with E-state index in [1.165, 1.54) is 12.1 Å². The molecule has 0 aliphatic rings. The Kier molecular flexibility index (Phi) is 4.73. The number of hydrogen-bond donors (Lipinski definition) is 1. The summed E-state index contributed by atoms with van der Waals surface area (Å²) in [5, 5.41) is 9.18. The molecule has 0 heterocycles. The van der Waals surface area contributed by atoms with Crippen molar-refractivity contribution in [2.45, 2.75) is 6.61 Å². The van der Waals surface area contributed by atoms with E-state index in [0.29, 0.717) is 18.7 Å². The van der Waals surface area contributed by atoms with Gasteiger partial charge in [0.05, 0.1) is 6.61 Å². The van der Waals surface area contributed by atoms with Crippen molar-refractivity contribution < 1.29 is 9.50 Å². The molecule has 0 atom stereocenters. The molecule has 0 fully saturated rings. The summed E-state index contributed by atoms with van der Waals surface area (Å²) in [5.74, 6) is -0.343. The third-order valence-corrected chi connectivity index (χ3v) is 2.25. The predicted molar refractivity (Wildman–Crippen MR) is 64.9 cm³/mol. The lowest BCUT2D eigenvalue weighted by Gasteiger charge is -2.24. The topological polar surface area (TPSA) is 23.5 Å². The largest absolute Gasteiger partial charge is 0.392 e. The van der Waals surface area contributed by atoms with E-state index in [9.17, 15) is 9.50 Å². The lowest BCUT2D eigenvalue weighted by molar-refractivity contribution is 0.281. The van der Waals surface area contributed by atoms with Gasteiger partial charge in [0.25, 0.3) is 0 Å². The van der Waals surface area contributed by atoms with Crippen LogP contribution in [0.1, 0.15) is 5.56 Å². The van der Waals surface area contributed by atoms with Crippen molar-refractivity contribution in [1.29, 1.82) is 0 Å². The average molecular weight is 221 g/mol. The molecule has 3 heteroatoms. The van der Waals surface area contributed by atoms with Gasteiger partial charge in [0, 0.05) is 24.3 Å². The maximum absolute atomic E-state index is 13.0. The van der Waals surface area contributed by atoms with Crippen molar-refractivity contribution >= 4 is 5.69 Å². The Morgan fingerprint density at radius 3 is 2.38 bits per heavy atom. The fourth-order valence-electron chi connectivity index (χ4n) is 1.57. The van der Waals surface area contributed by atoms with E-state index in [0.717, 1.165) is 5.69 Å². The molecule has 0 saturated heterocycles. The number of nitrogens with zero attached hydrogens (tertiary/aromatic N) is 1. The fraction of sp³-hybridized carbons (Fsp3) is 0.231. The molecule has 0 aliphatic carbocycles. The molecule has 0 aliphatic heterocycles. The summed E-state index contributed by atoms with van der Waals surface area (Å²) < 4.78 is 13.0. The van der Waals surface area contributed by atoms with Crippen molar-refractivity contribution in [3.8, 4) is 0 Å². The minimum Gasteiger partial charge on any atom is -0.392 e. The quantitative estimate of drug-likeness (QED) is 0.746. The number of hydrogen-bond acceptors (Lipinski definition) is 2. The van der Waals surface area contributed by atoms with Crippen LogP contribution in [-0.4, -0.2) is 18.2 Å². The highest BCUT2D eigenvalue weighted by molar-refractivity contribution is 5.54. The van der Waals surface area contributed by atoms with Crippen molar-refractivity contribution in [3.05, 3.63) is 54.9 Å². The molecule has 0 radical (unpaired) electrons. The van der Waals surface area contributed by atoms with Crippen molar-refractivity contribution in [3.63, 3.8) is 0 Å². The Labute approximate surface area is 95.3 Å².